The van der Waals surface area contributed by atoms with Gasteiger partial charge in [0.2, 0.25) is 10.0 Å². The van der Waals surface area contributed by atoms with Crippen LogP contribution in [-0.2, 0) is 10.0 Å². The SMILES string of the molecule is COc1ccc(-c2cc(N3CCN(S(=O)(=O)c4ccc(C)cc4OC)CC3)ncn2)cc1. The van der Waals surface area contributed by atoms with E-state index in [2.05, 4.69) is 14.9 Å². The maximum absolute atomic E-state index is 13.2. The smallest absolute Gasteiger partial charge is 0.246 e. The van der Waals surface area contributed by atoms with Crippen LogP contribution in [0.1, 0.15) is 5.56 Å². The number of piperazine rings is 1. The maximum Gasteiger partial charge on any atom is 0.246 e. The zero-order chi connectivity index (χ0) is 22.7. The maximum atomic E-state index is 13.2. The Bertz CT molecular complexity index is 1190. The van der Waals surface area contributed by atoms with Crippen LogP contribution in [0.4, 0.5) is 5.82 Å². The molecular weight excluding hydrogens is 428 g/mol. The van der Waals surface area contributed by atoms with Gasteiger partial charge in [0.05, 0.1) is 19.9 Å². The molecule has 0 amide bonds. The summed E-state index contributed by atoms with van der Waals surface area (Å²) in [7, 11) is -0.529. The molecule has 1 aliphatic rings. The monoisotopic (exact) mass is 454 g/mol. The minimum Gasteiger partial charge on any atom is -0.497 e. The number of aryl methyl sites for hydroxylation is 1. The molecule has 8 nitrogen and oxygen atoms in total. The number of anilines is 1. The number of nitrogens with zero attached hydrogens (tertiary/aromatic N) is 4. The van der Waals surface area contributed by atoms with E-state index in [0.717, 1.165) is 28.4 Å². The van der Waals surface area contributed by atoms with Crippen LogP contribution in [0.5, 0.6) is 11.5 Å². The number of methoxy groups -OCH3 is 2. The van der Waals surface area contributed by atoms with Crippen LogP contribution in [0.3, 0.4) is 0 Å². The largest absolute Gasteiger partial charge is 0.497 e. The molecule has 1 saturated heterocycles. The van der Waals surface area contributed by atoms with E-state index < -0.39 is 10.0 Å². The highest BCUT2D eigenvalue weighted by Crippen LogP contribution is 2.29. The van der Waals surface area contributed by atoms with Crippen molar-refractivity contribution in [3.8, 4) is 22.8 Å². The molecule has 9 heteroatoms. The van der Waals surface area contributed by atoms with E-state index in [-0.39, 0.29) is 4.90 Å². The van der Waals surface area contributed by atoms with Gasteiger partial charge in [-0.25, -0.2) is 18.4 Å². The number of aromatic nitrogens is 2. The van der Waals surface area contributed by atoms with Crippen molar-refractivity contribution in [2.75, 3.05) is 45.3 Å². The van der Waals surface area contributed by atoms with Gasteiger partial charge in [0.1, 0.15) is 28.5 Å². The van der Waals surface area contributed by atoms with Crippen LogP contribution in [0.2, 0.25) is 0 Å². The summed E-state index contributed by atoms with van der Waals surface area (Å²) in [5.41, 5.74) is 2.71. The lowest BCUT2D eigenvalue weighted by Gasteiger charge is -2.34. The van der Waals surface area contributed by atoms with Crippen molar-refractivity contribution in [1.82, 2.24) is 14.3 Å². The molecule has 1 aromatic heterocycles. The second-order valence-electron chi connectivity index (χ2n) is 7.54. The van der Waals surface area contributed by atoms with E-state index in [1.807, 2.05) is 37.3 Å². The highest BCUT2D eigenvalue weighted by molar-refractivity contribution is 7.89. The van der Waals surface area contributed by atoms with Crippen molar-refractivity contribution in [3.05, 3.63) is 60.4 Å². The molecule has 0 bridgehead atoms. The van der Waals surface area contributed by atoms with Crippen molar-refractivity contribution < 1.29 is 17.9 Å². The van der Waals surface area contributed by atoms with Gasteiger partial charge < -0.3 is 14.4 Å². The minimum atomic E-state index is -3.65. The average molecular weight is 455 g/mol. The van der Waals surface area contributed by atoms with Crippen LogP contribution in [0, 0.1) is 6.92 Å². The fourth-order valence-electron chi connectivity index (χ4n) is 3.72. The lowest BCUT2D eigenvalue weighted by molar-refractivity contribution is 0.373. The molecule has 0 saturated carbocycles. The first kappa shape index (κ1) is 22.0. The first-order valence-electron chi connectivity index (χ1n) is 10.3. The van der Waals surface area contributed by atoms with Gasteiger partial charge in [-0.1, -0.05) is 6.07 Å². The molecule has 1 fully saturated rings. The Morgan fingerprint density at radius 3 is 2.25 bits per heavy atom. The lowest BCUT2D eigenvalue weighted by atomic mass is 10.1. The highest BCUT2D eigenvalue weighted by Gasteiger charge is 2.31. The van der Waals surface area contributed by atoms with E-state index in [4.69, 9.17) is 9.47 Å². The van der Waals surface area contributed by atoms with E-state index in [9.17, 15) is 8.42 Å². The summed E-state index contributed by atoms with van der Waals surface area (Å²) in [5, 5.41) is 0. The van der Waals surface area contributed by atoms with Gasteiger partial charge in [-0.05, 0) is 48.9 Å². The van der Waals surface area contributed by atoms with Crippen LogP contribution in [0.15, 0.2) is 59.8 Å². The summed E-state index contributed by atoms with van der Waals surface area (Å²) in [4.78, 5) is 11.1. The van der Waals surface area contributed by atoms with Gasteiger partial charge in [-0.3, -0.25) is 0 Å². The van der Waals surface area contributed by atoms with Crippen molar-refractivity contribution >= 4 is 15.8 Å². The Morgan fingerprint density at radius 1 is 0.875 bits per heavy atom. The molecule has 3 aromatic rings. The molecule has 168 valence electrons. The topological polar surface area (TPSA) is 84.9 Å². The predicted octanol–water partition coefficient (Wildman–Crippen LogP) is 2.98. The Labute approximate surface area is 188 Å². The van der Waals surface area contributed by atoms with Gasteiger partial charge in [0.15, 0.2) is 0 Å². The summed E-state index contributed by atoms with van der Waals surface area (Å²) in [5.74, 6) is 1.92. The molecule has 32 heavy (non-hydrogen) atoms. The molecule has 0 radical (unpaired) electrons. The van der Waals surface area contributed by atoms with Gasteiger partial charge in [0, 0.05) is 37.8 Å². The second-order valence-corrected chi connectivity index (χ2v) is 9.44. The average Bonchev–Trinajstić information content (AvgIpc) is 2.84. The predicted molar refractivity (Wildman–Crippen MR) is 123 cm³/mol. The molecule has 0 aliphatic carbocycles. The van der Waals surface area contributed by atoms with Crippen molar-refractivity contribution in [2.45, 2.75) is 11.8 Å². The summed E-state index contributed by atoms with van der Waals surface area (Å²) in [6, 6.07) is 14.7. The van der Waals surface area contributed by atoms with Gasteiger partial charge >= 0.3 is 0 Å². The third kappa shape index (κ3) is 4.39. The second kappa shape index (κ2) is 9.13. The number of hydrogen-bond donors (Lipinski definition) is 0. The number of ether oxygens (including phenoxy) is 2. The summed E-state index contributed by atoms with van der Waals surface area (Å²) in [6.07, 6.45) is 1.54. The van der Waals surface area contributed by atoms with E-state index in [1.165, 1.54) is 17.7 Å². The fraction of sp³-hybridized carbons (Fsp3) is 0.304. The zero-order valence-corrected chi connectivity index (χ0v) is 19.2. The van der Waals surface area contributed by atoms with Crippen molar-refractivity contribution in [3.63, 3.8) is 0 Å². The van der Waals surface area contributed by atoms with Crippen molar-refractivity contribution in [1.29, 1.82) is 0 Å². The highest BCUT2D eigenvalue weighted by atomic mass is 32.2. The Hall–Kier alpha value is -3.17. The fourth-order valence-corrected chi connectivity index (χ4v) is 5.28. The third-order valence-electron chi connectivity index (χ3n) is 5.54. The van der Waals surface area contributed by atoms with Gasteiger partial charge in [-0.2, -0.15) is 4.31 Å². The number of rotatable bonds is 6. The summed E-state index contributed by atoms with van der Waals surface area (Å²) >= 11 is 0. The first-order chi connectivity index (χ1) is 15.4. The van der Waals surface area contributed by atoms with E-state index in [1.54, 1.807) is 25.3 Å². The lowest BCUT2D eigenvalue weighted by Crippen LogP contribution is -2.49. The van der Waals surface area contributed by atoms with Crippen LogP contribution >= 0.6 is 0 Å². The minimum absolute atomic E-state index is 0.197. The molecule has 0 atom stereocenters. The molecule has 1 aliphatic heterocycles. The number of benzene rings is 2. The number of sulfonamides is 1. The van der Waals surface area contributed by atoms with Gasteiger partial charge in [0.25, 0.3) is 0 Å². The molecule has 0 unspecified atom stereocenters. The summed E-state index contributed by atoms with van der Waals surface area (Å²) < 4.78 is 38.4. The van der Waals surface area contributed by atoms with E-state index >= 15 is 0 Å². The summed E-state index contributed by atoms with van der Waals surface area (Å²) in [6.45, 7) is 3.70. The van der Waals surface area contributed by atoms with Crippen LogP contribution in [-0.4, -0.2) is 63.1 Å². The normalized spacial score (nSPS) is 14.9. The Balaban J connectivity index is 1.49. The zero-order valence-electron chi connectivity index (χ0n) is 18.4. The quantitative estimate of drug-likeness (QED) is 0.566. The Kier molecular flexibility index (Phi) is 6.29. The van der Waals surface area contributed by atoms with Gasteiger partial charge in [-0.15, -0.1) is 0 Å². The third-order valence-corrected chi connectivity index (χ3v) is 7.48. The van der Waals surface area contributed by atoms with Crippen LogP contribution in [0.25, 0.3) is 11.3 Å². The Morgan fingerprint density at radius 2 is 1.59 bits per heavy atom. The van der Waals surface area contributed by atoms with E-state index in [0.29, 0.717) is 31.9 Å². The molecule has 0 N–H and O–H groups in total. The molecule has 2 aromatic carbocycles. The molecule has 2 heterocycles. The standard InChI is InChI=1S/C23H26N4O4S/c1-17-4-9-22(21(14-17)31-3)32(28,29)27-12-10-26(11-13-27)23-15-20(24-16-25-23)18-5-7-19(30-2)8-6-18/h4-9,14-16H,10-13H2,1-3H3. The number of hydrogen-bond acceptors (Lipinski definition) is 7. The molecular formula is C23H26N4O4S. The van der Waals surface area contributed by atoms with Crippen molar-refractivity contribution in [2.24, 2.45) is 0 Å². The van der Waals surface area contributed by atoms with Crippen LogP contribution < -0.4 is 14.4 Å². The first-order valence-corrected chi connectivity index (χ1v) is 11.7. The molecule has 0 spiro atoms. The molecule has 4 rings (SSSR count).